The van der Waals surface area contributed by atoms with E-state index in [1.165, 1.54) is 0 Å². The van der Waals surface area contributed by atoms with Crippen LogP contribution in [0.3, 0.4) is 0 Å². The average molecular weight is 235 g/mol. The van der Waals surface area contributed by atoms with Crippen molar-refractivity contribution in [2.24, 2.45) is 11.1 Å². The SMILES string of the molecule is Cc1cccc(CN(C)C(CN)C(C)(C)C)n1. The maximum absolute atomic E-state index is 5.88. The van der Waals surface area contributed by atoms with Crippen LogP contribution in [0.4, 0.5) is 0 Å². The van der Waals surface area contributed by atoms with Crippen molar-refractivity contribution in [1.29, 1.82) is 0 Å². The lowest BCUT2D eigenvalue weighted by Gasteiger charge is -2.37. The fourth-order valence-corrected chi connectivity index (χ4v) is 2.25. The van der Waals surface area contributed by atoms with Gasteiger partial charge in [0.1, 0.15) is 0 Å². The zero-order chi connectivity index (χ0) is 13.1. The Morgan fingerprint density at radius 3 is 2.47 bits per heavy atom. The summed E-state index contributed by atoms with van der Waals surface area (Å²) in [5.41, 5.74) is 8.24. The first kappa shape index (κ1) is 14.1. The minimum absolute atomic E-state index is 0.188. The van der Waals surface area contributed by atoms with Crippen molar-refractivity contribution in [3.05, 3.63) is 29.6 Å². The van der Waals surface area contributed by atoms with Crippen LogP contribution in [0.1, 0.15) is 32.2 Å². The van der Waals surface area contributed by atoms with Crippen LogP contribution in [0.15, 0.2) is 18.2 Å². The Kier molecular flexibility index (Phi) is 4.66. The van der Waals surface area contributed by atoms with E-state index in [1.54, 1.807) is 0 Å². The molecule has 3 nitrogen and oxygen atoms in total. The van der Waals surface area contributed by atoms with Gasteiger partial charge in [-0.25, -0.2) is 0 Å². The molecule has 0 saturated carbocycles. The molecule has 0 aliphatic rings. The van der Waals surface area contributed by atoms with Crippen LogP contribution in [0.5, 0.6) is 0 Å². The van der Waals surface area contributed by atoms with E-state index in [4.69, 9.17) is 5.73 Å². The van der Waals surface area contributed by atoms with Crippen molar-refractivity contribution in [1.82, 2.24) is 9.88 Å². The first-order valence-corrected chi connectivity index (χ1v) is 6.17. The third-order valence-corrected chi connectivity index (χ3v) is 3.11. The van der Waals surface area contributed by atoms with Crippen molar-refractivity contribution >= 4 is 0 Å². The fourth-order valence-electron chi connectivity index (χ4n) is 2.25. The summed E-state index contributed by atoms with van der Waals surface area (Å²) in [5.74, 6) is 0. The molecule has 0 aliphatic carbocycles. The van der Waals surface area contributed by atoms with E-state index in [1.807, 2.05) is 13.0 Å². The first-order chi connectivity index (χ1) is 7.84. The number of likely N-dealkylation sites (N-methyl/N-ethyl adjacent to an activating group) is 1. The Morgan fingerprint density at radius 2 is 2.00 bits per heavy atom. The van der Waals surface area contributed by atoms with Gasteiger partial charge in [-0.15, -0.1) is 0 Å². The molecular weight excluding hydrogens is 210 g/mol. The Labute approximate surface area is 105 Å². The van der Waals surface area contributed by atoms with Crippen LogP contribution in [0.2, 0.25) is 0 Å². The van der Waals surface area contributed by atoms with Gasteiger partial charge in [-0.1, -0.05) is 26.8 Å². The van der Waals surface area contributed by atoms with Crippen molar-refractivity contribution < 1.29 is 0 Å². The second-order valence-electron chi connectivity index (χ2n) is 5.80. The van der Waals surface area contributed by atoms with Crippen molar-refractivity contribution in [2.75, 3.05) is 13.6 Å². The monoisotopic (exact) mass is 235 g/mol. The van der Waals surface area contributed by atoms with E-state index in [2.05, 4.69) is 49.8 Å². The molecule has 17 heavy (non-hydrogen) atoms. The third-order valence-electron chi connectivity index (χ3n) is 3.11. The lowest BCUT2D eigenvalue weighted by molar-refractivity contribution is 0.124. The van der Waals surface area contributed by atoms with E-state index in [0.29, 0.717) is 12.6 Å². The van der Waals surface area contributed by atoms with E-state index in [0.717, 1.165) is 17.9 Å². The van der Waals surface area contributed by atoms with E-state index < -0.39 is 0 Å². The average Bonchev–Trinajstić information content (AvgIpc) is 2.15. The number of pyridine rings is 1. The molecule has 96 valence electrons. The molecule has 1 rings (SSSR count). The molecule has 1 aromatic rings. The summed E-state index contributed by atoms with van der Waals surface area (Å²) in [4.78, 5) is 6.82. The van der Waals surface area contributed by atoms with Crippen LogP contribution >= 0.6 is 0 Å². The normalized spacial score (nSPS) is 14.1. The van der Waals surface area contributed by atoms with Crippen LogP contribution in [-0.4, -0.2) is 29.5 Å². The van der Waals surface area contributed by atoms with Gasteiger partial charge in [-0.3, -0.25) is 9.88 Å². The summed E-state index contributed by atoms with van der Waals surface area (Å²) in [5, 5.41) is 0. The number of hydrogen-bond acceptors (Lipinski definition) is 3. The summed E-state index contributed by atoms with van der Waals surface area (Å²) in [6.45, 7) is 10.2. The lowest BCUT2D eigenvalue weighted by atomic mass is 9.86. The molecular formula is C14H25N3. The molecule has 1 heterocycles. The Morgan fingerprint density at radius 1 is 1.35 bits per heavy atom. The highest BCUT2D eigenvalue weighted by atomic mass is 15.2. The number of aryl methyl sites for hydroxylation is 1. The molecule has 0 saturated heterocycles. The predicted octanol–water partition coefficient (Wildman–Crippen LogP) is 2.20. The summed E-state index contributed by atoms with van der Waals surface area (Å²) in [6, 6.07) is 6.51. The Hall–Kier alpha value is -0.930. The van der Waals surface area contributed by atoms with Gasteiger partial charge in [-0.05, 0) is 31.5 Å². The van der Waals surface area contributed by atoms with Gasteiger partial charge in [0, 0.05) is 24.8 Å². The minimum Gasteiger partial charge on any atom is -0.329 e. The number of hydrogen-bond donors (Lipinski definition) is 1. The summed E-state index contributed by atoms with van der Waals surface area (Å²) < 4.78 is 0. The van der Waals surface area contributed by atoms with Gasteiger partial charge < -0.3 is 5.73 Å². The van der Waals surface area contributed by atoms with Gasteiger partial charge in [-0.2, -0.15) is 0 Å². The molecule has 0 radical (unpaired) electrons. The molecule has 0 amide bonds. The zero-order valence-electron chi connectivity index (χ0n) is 11.7. The minimum atomic E-state index is 0.188. The Bertz CT molecular complexity index is 355. The maximum atomic E-state index is 5.88. The predicted molar refractivity (Wildman–Crippen MR) is 72.7 cm³/mol. The summed E-state index contributed by atoms with van der Waals surface area (Å²) in [7, 11) is 2.12. The fraction of sp³-hybridized carbons (Fsp3) is 0.643. The van der Waals surface area contributed by atoms with Crippen LogP contribution < -0.4 is 5.73 Å². The van der Waals surface area contributed by atoms with Crippen molar-refractivity contribution in [3.8, 4) is 0 Å². The second-order valence-corrected chi connectivity index (χ2v) is 5.80. The number of aromatic nitrogens is 1. The zero-order valence-corrected chi connectivity index (χ0v) is 11.7. The molecule has 0 aromatic carbocycles. The van der Waals surface area contributed by atoms with Gasteiger partial charge in [0.2, 0.25) is 0 Å². The van der Waals surface area contributed by atoms with E-state index in [-0.39, 0.29) is 5.41 Å². The van der Waals surface area contributed by atoms with Gasteiger partial charge in [0.15, 0.2) is 0 Å². The molecule has 1 atom stereocenters. The van der Waals surface area contributed by atoms with Crippen molar-refractivity contribution in [2.45, 2.75) is 40.3 Å². The summed E-state index contributed by atoms with van der Waals surface area (Å²) >= 11 is 0. The van der Waals surface area contributed by atoms with Crippen molar-refractivity contribution in [3.63, 3.8) is 0 Å². The van der Waals surface area contributed by atoms with Gasteiger partial charge in [0.25, 0.3) is 0 Å². The Balaban J connectivity index is 2.74. The highest BCUT2D eigenvalue weighted by molar-refractivity contribution is 5.10. The third kappa shape index (κ3) is 4.10. The largest absolute Gasteiger partial charge is 0.329 e. The molecule has 0 bridgehead atoms. The number of nitrogens with zero attached hydrogens (tertiary/aromatic N) is 2. The molecule has 1 unspecified atom stereocenters. The van der Waals surface area contributed by atoms with Crippen LogP contribution in [-0.2, 0) is 6.54 Å². The summed E-state index contributed by atoms with van der Waals surface area (Å²) in [6.07, 6.45) is 0. The first-order valence-electron chi connectivity index (χ1n) is 6.17. The second kappa shape index (κ2) is 5.61. The highest BCUT2D eigenvalue weighted by Crippen LogP contribution is 2.23. The molecule has 2 N–H and O–H groups in total. The van der Waals surface area contributed by atoms with E-state index >= 15 is 0 Å². The van der Waals surface area contributed by atoms with Gasteiger partial charge >= 0.3 is 0 Å². The molecule has 3 heteroatoms. The standard InChI is InChI=1S/C14H25N3/c1-11-7-6-8-12(16-11)10-17(5)13(9-15)14(2,3)4/h6-8,13H,9-10,15H2,1-5H3. The van der Waals surface area contributed by atoms with Crippen LogP contribution in [0, 0.1) is 12.3 Å². The quantitative estimate of drug-likeness (QED) is 0.870. The lowest BCUT2D eigenvalue weighted by Crippen LogP contribution is -2.46. The van der Waals surface area contributed by atoms with Crippen LogP contribution in [0.25, 0.3) is 0 Å². The molecule has 1 aromatic heterocycles. The number of nitrogens with two attached hydrogens (primary N) is 1. The van der Waals surface area contributed by atoms with Gasteiger partial charge in [0.05, 0.1) is 5.69 Å². The topological polar surface area (TPSA) is 42.1 Å². The number of rotatable bonds is 4. The van der Waals surface area contributed by atoms with E-state index in [9.17, 15) is 0 Å². The smallest absolute Gasteiger partial charge is 0.0547 e. The molecule has 0 aliphatic heterocycles. The highest BCUT2D eigenvalue weighted by Gasteiger charge is 2.27. The molecule has 0 fully saturated rings. The maximum Gasteiger partial charge on any atom is 0.0547 e. The molecule has 0 spiro atoms.